The molecule has 1 aliphatic heterocycles. The number of carbonyl (C=O) groups excluding carboxylic acids is 1. The first-order valence-corrected chi connectivity index (χ1v) is 9.87. The SMILES string of the molecule is O=C(CS(=O)(=O)Cc1conc1C1CCC1)NCC1CCCO1. The van der Waals surface area contributed by atoms with Gasteiger partial charge in [0, 0.05) is 24.6 Å². The van der Waals surface area contributed by atoms with Gasteiger partial charge in [-0.15, -0.1) is 0 Å². The molecule has 8 heteroatoms. The van der Waals surface area contributed by atoms with E-state index in [1.54, 1.807) is 0 Å². The third-order valence-electron chi connectivity index (χ3n) is 4.44. The zero-order chi connectivity index (χ0) is 16.3. The molecule has 0 aromatic carbocycles. The molecule has 23 heavy (non-hydrogen) atoms. The summed E-state index contributed by atoms with van der Waals surface area (Å²) in [6.45, 7) is 1.07. The molecule has 0 bridgehead atoms. The molecule has 7 nitrogen and oxygen atoms in total. The summed E-state index contributed by atoms with van der Waals surface area (Å²) in [4.78, 5) is 11.8. The van der Waals surface area contributed by atoms with Crippen LogP contribution in [-0.4, -0.2) is 44.5 Å². The first-order valence-electron chi connectivity index (χ1n) is 8.05. The van der Waals surface area contributed by atoms with Gasteiger partial charge in [-0.25, -0.2) is 8.42 Å². The minimum atomic E-state index is -3.54. The topological polar surface area (TPSA) is 98.5 Å². The summed E-state index contributed by atoms with van der Waals surface area (Å²) in [6, 6.07) is 0. The lowest BCUT2D eigenvalue weighted by molar-refractivity contribution is -0.119. The lowest BCUT2D eigenvalue weighted by Crippen LogP contribution is -2.36. The number of ether oxygens (including phenoxy) is 1. The highest BCUT2D eigenvalue weighted by molar-refractivity contribution is 7.91. The number of hydrogen-bond acceptors (Lipinski definition) is 6. The van der Waals surface area contributed by atoms with E-state index in [-0.39, 0.29) is 11.9 Å². The minimum Gasteiger partial charge on any atom is -0.376 e. The number of amides is 1. The van der Waals surface area contributed by atoms with Gasteiger partial charge in [-0.05, 0) is 25.7 Å². The third kappa shape index (κ3) is 4.32. The normalized spacial score (nSPS) is 22.0. The largest absolute Gasteiger partial charge is 0.376 e. The summed E-state index contributed by atoms with van der Waals surface area (Å²) in [5.74, 6) is -0.903. The van der Waals surface area contributed by atoms with Crippen molar-refractivity contribution in [2.24, 2.45) is 0 Å². The van der Waals surface area contributed by atoms with Gasteiger partial charge in [-0.3, -0.25) is 4.79 Å². The predicted octanol–water partition coefficient (Wildman–Crippen LogP) is 1.15. The maximum absolute atomic E-state index is 12.2. The lowest BCUT2D eigenvalue weighted by atomic mass is 9.82. The van der Waals surface area contributed by atoms with E-state index < -0.39 is 21.5 Å². The molecule has 1 amide bonds. The summed E-state index contributed by atoms with van der Waals surface area (Å²) >= 11 is 0. The maximum atomic E-state index is 12.2. The van der Waals surface area contributed by atoms with Crippen LogP contribution in [0.2, 0.25) is 0 Å². The Morgan fingerprint density at radius 2 is 2.13 bits per heavy atom. The van der Waals surface area contributed by atoms with Gasteiger partial charge in [-0.2, -0.15) is 0 Å². The summed E-state index contributed by atoms with van der Waals surface area (Å²) < 4.78 is 34.8. The van der Waals surface area contributed by atoms with Crippen molar-refractivity contribution in [3.8, 4) is 0 Å². The van der Waals surface area contributed by atoms with Crippen molar-refractivity contribution in [2.75, 3.05) is 18.9 Å². The van der Waals surface area contributed by atoms with E-state index in [0.717, 1.165) is 37.8 Å². The van der Waals surface area contributed by atoms with E-state index >= 15 is 0 Å². The van der Waals surface area contributed by atoms with E-state index in [2.05, 4.69) is 10.5 Å². The summed E-state index contributed by atoms with van der Waals surface area (Å²) in [5, 5.41) is 6.57. The van der Waals surface area contributed by atoms with Crippen molar-refractivity contribution in [3.63, 3.8) is 0 Å². The molecular weight excluding hydrogens is 320 g/mol. The number of sulfone groups is 1. The molecule has 1 saturated heterocycles. The molecule has 1 aromatic rings. The van der Waals surface area contributed by atoms with Crippen LogP contribution in [-0.2, 0) is 25.1 Å². The predicted molar refractivity (Wildman–Crippen MR) is 82.6 cm³/mol. The van der Waals surface area contributed by atoms with Crippen LogP contribution in [0.25, 0.3) is 0 Å². The Balaban J connectivity index is 1.52. The zero-order valence-corrected chi connectivity index (χ0v) is 13.8. The standard InChI is InChI=1S/C15H22N2O5S/c18-14(16-7-13-5-2-6-21-13)10-23(19,20)9-12-8-22-17-15(12)11-3-1-4-11/h8,11,13H,1-7,9-10H2,(H,16,18). The second kappa shape index (κ2) is 7.00. The average molecular weight is 342 g/mol. The van der Waals surface area contributed by atoms with Crippen LogP contribution in [0.3, 0.4) is 0 Å². The van der Waals surface area contributed by atoms with Crippen LogP contribution in [0.1, 0.15) is 49.3 Å². The molecular formula is C15H22N2O5S. The van der Waals surface area contributed by atoms with E-state index in [1.165, 1.54) is 6.26 Å². The summed E-state index contributed by atoms with van der Waals surface area (Å²) in [5.41, 5.74) is 1.32. The van der Waals surface area contributed by atoms with Crippen LogP contribution in [0.4, 0.5) is 0 Å². The van der Waals surface area contributed by atoms with Gasteiger partial charge in [0.25, 0.3) is 0 Å². The maximum Gasteiger partial charge on any atom is 0.235 e. The second-order valence-corrected chi connectivity index (χ2v) is 8.39. The first kappa shape index (κ1) is 16.4. The fraction of sp³-hybridized carbons (Fsp3) is 0.733. The molecule has 1 N–H and O–H groups in total. The lowest BCUT2D eigenvalue weighted by Gasteiger charge is -2.23. The Morgan fingerprint density at radius 3 is 2.78 bits per heavy atom. The average Bonchev–Trinajstić information content (AvgIpc) is 3.06. The number of nitrogens with one attached hydrogen (secondary N) is 1. The highest BCUT2D eigenvalue weighted by atomic mass is 32.2. The molecule has 0 radical (unpaired) electrons. The van der Waals surface area contributed by atoms with Gasteiger partial charge in [0.2, 0.25) is 5.91 Å². The van der Waals surface area contributed by atoms with Crippen LogP contribution >= 0.6 is 0 Å². The number of rotatable bonds is 7. The minimum absolute atomic E-state index is 0.00458. The molecule has 128 valence electrons. The van der Waals surface area contributed by atoms with Crippen molar-refractivity contribution in [1.29, 1.82) is 0 Å². The number of aromatic nitrogens is 1. The smallest absolute Gasteiger partial charge is 0.235 e. The molecule has 2 aliphatic rings. The highest BCUT2D eigenvalue weighted by Gasteiger charge is 2.28. The van der Waals surface area contributed by atoms with Crippen molar-refractivity contribution in [2.45, 2.75) is 49.9 Å². The van der Waals surface area contributed by atoms with Crippen LogP contribution in [0.15, 0.2) is 10.8 Å². The molecule has 0 spiro atoms. The number of carbonyl (C=O) groups is 1. The van der Waals surface area contributed by atoms with Gasteiger partial charge in [0.15, 0.2) is 9.84 Å². The van der Waals surface area contributed by atoms with Crippen LogP contribution < -0.4 is 5.32 Å². The van der Waals surface area contributed by atoms with E-state index in [0.29, 0.717) is 24.6 Å². The molecule has 1 atom stereocenters. The molecule has 1 aromatic heterocycles. The van der Waals surface area contributed by atoms with E-state index in [1.807, 2.05) is 0 Å². The van der Waals surface area contributed by atoms with Gasteiger partial charge < -0.3 is 14.6 Å². The Morgan fingerprint density at radius 1 is 1.30 bits per heavy atom. The molecule has 1 aliphatic carbocycles. The summed E-state index contributed by atoms with van der Waals surface area (Å²) in [7, 11) is -3.54. The third-order valence-corrected chi connectivity index (χ3v) is 5.90. The van der Waals surface area contributed by atoms with Crippen molar-refractivity contribution < 1.29 is 22.5 Å². The van der Waals surface area contributed by atoms with Crippen molar-refractivity contribution in [1.82, 2.24) is 10.5 Å². The fourth-order valence-corrected chi connectivity index (χ4v) is 4.26. The number of hydrogen-bond donors (Lipinski definition) is 1. The number of nitrogens with zero attached hydrogens (tertiary/aromatic N) is 1. The van der Waals surface area contributed by atoms with Crippen LogP contribution in [0, 0.1) is 0 Å². The van der Waals surface area contributed by atoms with E-state index in [9.17, 15) is 13.2 Å². The van der Waals surface area contributed by atoms with Gasteiger partial charge in [-0.1, -0.05) is 11.6 Å². The monoisotopic (exact) mass is 342 g/mol. The fourth-order valence-electron chi connectivity index (χ4n) is 2.96. The van der Waals surface area contributed by atoms with Crippen molar-refractivity contribution in [3.05, 3.63) is 17.5 Å². The molecule has 2 fully saturated rings. The first-order chi connectivity index (χ1) is 11.0. The quantitative estimate of drug-likeness (QED) is 0.798. The Bertz CT molecular complexity index is 645. The molecule has 1 unspecified atom stereocenters. The molecule has 1 saturated carbocycles. The van der Waals surface area contributed by atoms with Crippen LogP contribution in [0.5, 0.6) is 0 Å². The Kier molecular flexibility index (Phi) is 5.01. The highest BCUT2D eigenvalue weighted by Crippen LogP contribution is 2.37. The van der Waals surface area contributed by atoms with Gasteiger partial charge >= 0.3 is 0 Å². The Labute approximate surface area is 135 Å². The van der Waals surface area contributed by atoms with E-state index in [4.69, 9.17) is 9.26 Å². The summed E-state index contributed by atoms with van der Waals surface area (Å²) in [6.07, 6.45) is 6.44. The zero-order valence-electron chi connectivity index (χ0n) is 13.0. The second-order valence-electron chi connectivity index (χ2n) is 6.32. The van der Waals surface area contributed by atoms with Gasteiger partial charge in [0.1, 0.15) is 12.0 Å². The van der Waals surface area contributed by atoms with Gasteiger partial charge in [0.05, 0.1) is 17.6 Å². The van der Waals surface area contributed by atoms with Crippen molar-refractivity contribution >= 4 is 15.7 Å². The molecule has 3 rings (SSSR count). The molecule has 2 heterocycles. The Hall–Kier alpha value is -1.41.